The molecule has 7 N–H and O–H groups in total. The molecule has 3 rings (SSSR count). The number of hydrogen-bond acceptors (Lipinski definition) is 7. The summed E-state index contributed by atoms with van der Waals surface area (Å²) in [5.41, 5.74) is 10.9. The third-order valence-electron chi connectivity index (χ3n) is 8.54. The first-order chi connectivity index (χ1) is 20.0. The first-order valence-corrected chi connectivity index (χ1v) is 16.8. The van der Waals surface area contributed by atoms with Crippen LogP contribution in [0.5, 0.6) is 0 Å². The van der Waals surface area contributed by atoms with E-state index in [0.717, 1.165) is 42.6 Å². The van der Waals surface area contributed by atoms with Crippen LogP contribution in [0, 0.1) is 11.8 Å². The predicted molar refractivity (Wildman–Crippen MR) is 157 cm³/mol. The van der Waals surface area contributed by atoms with E-state index in [1.165, 1.54) is 0 Å². The van der Waals surface area contributed by atoms with E-state index in [-0.39, 0.29) is 45.1 Å². The molecule has 2 aliphatic rings. The number of carbonyl (C=O) groups is 3. The summed E-state index contributed by atoms with van der Waals surface area (Å²) >= 11 is 0. The minimum atomic E-state index is -4.71. The lowest BCUT2D eigenvalue weighted by molar-refractivity contribution is -0.195. The van der Waals surface area contributed by atoms with Crippen molar-refractivity contribution in [3.63, 3.8) is 0 Å². The SMILES string of the molecule is NCCCN1CCOCC1(C(N)=O)N(C(=O)C(CCCc1ccccc1)CP(=O)(O)O)[C@@H](CC1CCCCC1)C(=O)O. The van der Waals surface area contributed by atoms with Crippen LogP contribution >= 0.6 is 7.60 Å². The van der Waals surface area contributed by atoms with Gasteiger partial charge in [-0.3, -0.25) is 24.0 Å². The molecule has 0 aromatic heterocycles. The Bertz CT molecular complexity index is 1080. The Morgan fingerprint density at radius 1 is 1.12 bits per heavy atom. The van der Waals surface area contributed by atoms with Gasteiger partial charge in [0.15, 0.2) is 0 Å². The minimum absolute atomic E-state index is 0.0143. The first-order valence-electron chi connectivity index (χ1n) is 15.0. The predicted octanol–water partition coefficient (Wildman–Crippen LogP) is 1.92. The number of carboxylic acid groups (broad SMARTS) is 1. The highest BCUT2D eigenvalue weighted by atomic mass is 31.2. The van der Waals surface area contributed by atoms with Crippen molar-refractivity contribution in [2.45, 2.75) is 75.9 Å². The maximum Gasteiger partial charge on any atom is 0.326 e. The molecule has 12 nitrogen and oxygen atoms in total. The summed E-state index contributed by atoms with van der Waals surface area (Å²) in [4.78, 5) is 63.7. The molecule has 3 atom stereocenters. The minimum Gasteiger partial charge on any atom is -0.480 e. The van der Waals surface area contributed by atoms with Gasteiger partial charge in [0.2, 0.25) is 11.6 Å². The fourth-order valence-corrected chi connectivity index (χ4v) is 7.35. The van der Waals surface area contributed by atoms with Crippen LogP contribution in [-0.4, -0.2) is 93.2 Å². The molecule has 0 bridgehead atoms. The van der Waals surface area contributed by atoms with E-state index < -0.39 is 49.2 Å². The van der Waals surface area contributed by atoms with Crippen molar-refractivity contribution in [3.05, 3.63) is 35.9 Å². The standard InChI is InChI=1S/C29H47N4O8P/c30-15-8-16-32-17-18-41-21-29(32,28(31)37)33(25(27(35)36)19-23-11-5-2-6-12-23)26(34)24(20-42(38,39)40)14-7-13-22-9-3-1-4-10-22/h1,3-4,9-10,23-25H,2,5-8,11-21,30H2,(H2,31,37)(H,35,36)(H2,38,39,40)/t24?,25-,29?/m0/s1. The number of aliphatic carboxylic acids is 1. The maximum absolute atomic E-state index is 14.6. The largest absolute Gasteiger partial charge is 0.480 e. The summed E-state index contributed by atoms with van der Waals surface area (Å²) in [6.45, 7) is 0.661. The number of carboxylic acids is 1. The molecule has 1 aromatic rings. The number of morpholine rings is 1. The van der Waals surface area contributed by atoms with Gasteiger partial charge in [0.25, 0.3) is 5.91 Å². The number of nitrogens with two attached hydrogens (primary N) is 2. The van der Waals surface area contributed by atoms with E-state index in [2.05, 4.69) is 0 Å². The number of hydrogen-bond donors (Lipinski definition) is 5. The Morgan fingerprint density at radius 3 is 2.40 bits per heavy atom. The molecule has 2 unspecified atom stereocenters. The Hall–Kier alpha value is -2.34. The van der Waals surface area contributed by atoms with Crippen LogP contribution in [0.3, 0.4) is 0 Å². The van der Waals surface area contributed by atoms with Gasteiger partial charge in [-0.05, 0) is 50.1 Å². The number of carbonyl (C=O) groups excluding carboxylic acids is 2. The van der Waals surface area contributed by atoms with Crippen LogP contribution in [0.1, 0.15) is 63.4 Å². The highest BCUT2D eigenvalue weighted by Gasteiger charge is 2.57. The number of aryl methyl sites for hydroxylation is 1. The van der Waals surface area contributed by atoms with Crippen LogP contribution in [0.15, 0.2) is 30.3 Å². The van der Waals surface area contributed by atoms with Gasteiger partial charge >= 0.3 is 13.6 Å². The molecule has 1 heterocycles. The van der Waals surface area contributed by atoms with E-state index >= 15 is 0 Å². The van der Waals surface area contributed by atoms with Gasteiger partial charge in [0.1, 0.15) is 6.04 Å². The normalized spacial score (nSPS) is 21.9. The lowest BCUT2D eigenvalue weighted by atomic mass is 9.83. The molecular formula is C29H47N4O8P. The molecular weight excluding hydrogens is 563 g/mol. The summed E-state index contributed by atoms with van der Waals surface area (Å²) in [6, 6.07) is 8.05. The summed E-state index contributed by atoms with van der Waals surface area (Å²) in [6.07, 6.45) is 5.39. The molecule has 2 amide bonds. The number of amides is 2. The third kappa shape index (κ3) is 9.08. The number of rotatable bonds is 16. The molecule has 236 valence electrons. The van der Waals surface area contributed by atoms with Crippen molar-refractivity contribution >= 4 is 25.4 Å². The summed E-state index contributed by atoms with van der Waals surface area (Å²) in [7, 11) is -4.71. The summed E-state index contributed by atoms with van der Waals surface area (Å²) in [5, 5.41) is 10.6. The molecule has 1 saturated carbocycles. The number of nitrogens with zero attached hydrogens (tertiary/aromatic N) is 2. The Balaban J connectivity index is 2.07. The summed E-state index contributed by atoms with van der Waals surface area (Å²) in [5.74, 6) is -4.27. The number of primary amides is 1. The van der Waals surface area contributed by atoms with Crippen LogP contribution in [0.2, 0.25) is 0 Å². The van der Waals surface area contributed by atoms with Crippen LogP contribution < -0.4 is 11.5 Å². The second-order valence-electron chi connectivity index (χ2n) is 11.6. The van der Waals surface area contributed by atoms with Gasteiger partial charge < -0.3 is 31.1 Å². The van der Waals surface area contributed by atoms with Gasteiger partial charge in [0, 0.05) is 19.0 Å². The molecule has 42 heavy (non-hydrogen) atoms. The molecule has 1 aromatic carbocycles. The van der Waals surface area contributed by atoms with E-state index in [1.54, 1.807) is 4.90 Å². The molecule has 1 aliphatic heterocycles. The average Bonchev–Trinajstić information content (AvgIpc) is 2.95. The fraction of sp³-hybridized carbons (Fsp3) is 0.690. The van der Waals surface area contributed by atoms with Crippen LogP contribution in [0.4, 0.5) is 0 Å². The van der Waals surface area contributed by atoms with Crippen molar-refractivity contribution < 1.29 is 38.6 Å². The lowest BCUT2D eigenvalue weighted by Crippen LogP contribution is -2.76. The smallest absolute Gasteiger partial charge is 0.326 e. The highest BCUT2D eigenvalue weighted by molar-refractivity contribution is 7.51. The number of ether oxygens (including phenoxy) is 1. The number of benzene rings is 1. The second-order valence-corrected chi connectivity index (χ2v) is 13.3. The van der Waals surface area contributed by atoms with Crippen molar-refractivity contribution in [2.24, 2.45) is 23.3 Å². The Morgan fingerprint density at radius 2 is 1.81 bits per heavy atom. The van der Waals surface area contributed by atoms with Crippen molar-refractivity contribution in [3.8, 4) is 0 Å². The molecule has 0 radical (unpaired) electrons. The lowest BCUT2D eigenvalue weighted by Gasteiger charge is -2.53. The van der Waals surface area contributed by atoms with Crippen molar-refractivity contribution in [2.75, 3.05) is 39.0 Å². The van der Waals surface area contributed by atoms with Gasteiger partial charge in [-0.15, -0.1) is 0 Å². The Kier molecular flexibility index (Phi) is 13.0. The fourth-order valence-electron chi connectivity index (χ4n) is 6.43. The Labute approximate surface area is 247 Å². The zero-order valence-electron chi connectivity index (χ0n) is 24.3. The van der Waals surface area contributed by atoms with E-state index in [4.69, 9.17) is 16.2 Å². The first kappa shape index (κ1) is 34.2. The molecule has 1 aliphatic carbocycles. The van der Waals surface area contributed by atoms with Crippen molar-refractivity contribution in [1.82, 2.24) is 9.80 Å². The van der Waals surface area contributed by atoms with Gasteiger partial charge in [-0.25, -0.2) is 4.79 Å². The topological polar surface area (TPSA) is 197 Å². The maximum atomic E-state index is 14.6. The van der Waals surface area contributed by atoms with Crippen LogP contribution in [-0.2, 0) is 30.1 Å². The average molecular weight is 611 g/mol. The molecule has 13 heteroatoms. The van der Waals surface area contributed by atoms with E-state index in [1.807, 2.05) is 30.3 Å². The van der Waals surface area contributed by atoms with Gasteiger partial charge in [-0.1, -0.05) is 62.4 Å². The molecule has 2 fully saturated rings. The van der Waals surface area contributed by atoms with E-state index in [0.29, 0.717) is 25.8 Å². The van der Waals surface area contributed by atoms with Gasteiger partial charge in [0.05, 0.1) is 19.4 Å². The zero-order valence-corrected chi connectivity index (χ0v) is 25.2. The third-order valence-corrected chi connectivity index (χ3v) is 9.46. The highest BCUT2D eigenvalue weighted by Crippen LogP contribution is 2.41. The monoisotopic (exact) mass is 610 g/mol. The van der Waals surface area contributed by atoms with E-state index in [9.17, 15) is 33.8 Å². The summed E-state index contributed by atoms with van der Waals surface area (Å²) < 4.78 is 18.0. The second kappa shape index (κ2) is 15.9. The zero-order chi connectivity index (χ0) is 30.8. The molecule has 1 saturated heterocycles. The molecule has 0 spiro atoms. The van der Waals surface area contributed by atoms with Gasteiger partial charge in [-0.2, -0.15) is 0 Å². The quantitative estimate of drug-likeness (QED) is 0.172. The van der Waals surface area contributed by atoms with Crippen molar-refractivity contribution in [1.29, 1.82) is 0 Å². The van der Waals surface area contributed by atoms with Crippen LogP contribution in [0.25, 0.3) is 0 Å².